The van der Waals surface area contributed by atoms with Crippen LogP contribution in [0.1, 0.15) is 39.5 Å². The van der Waals surface area contributed by atoms with Crippen molar-refractivity contribution in [1.82, 2.24) is 5.32 Å². The van der Waals surface area contributed by atoms with Crippen molar-refractivity contribution in [2.24, 2.45) is 27.7 Å². The molecule has 2 aliphatic carbocycles. The zero-order valence-electron chi connectivity index (χ0n) is 18.5. The largest absolute Gasteiger partial charge is 0.495 e. The Bertz CT molecular complexity index is 858. The number of methoxy groups -OCH3 is 1. The molecule has 1 heterocycles. The van der Waals surface area contributed by atoms with E-state index >= 15 is 0 Å². The molecule has 0 aromatic rings. The number of nitrogens with one attached hydrogen (secondary N) is 2. The molecule has 1 aliphatic heterocycles. The summed E-state index contributed by atoms with van der Waals surface area (Å²) in [6.07, 6.45) is 13.3. The molecular formula is C24H32N4O3. The van der Waals surface area contributed by atoms with Crippen molar-refractivity contribution in [2.75, 3.05) is 7.11 Å². The molecule has 2 N–H and O–H groups in total. The van der Waals surface area contributed by atoms with Gasteiger partial charge in [0, 0.05) is 24.5 Å². The molecule has 0 spiro atoms. The number of hydrogen-bond donors (Lipinski definition) is 2. The summed E-state index contributed by atoms with van der Waals surface area (Å²) in [4.78, 5) is 21.3. The summed E-state index contributed by atoms with van der Waals surface area (Å²) in [5.41, 5.74) is 0.622. The minimum Gasteiger partial charge on any atom is -0.495 e. The average Bonchev–Trinajstić information content (AvgIpc) is 3.19. The summed E-state index contributed by atoms with van der Waals surface area (Å²) in [5, 5.41) is 10.3. The van der Waals surface area contributed by atoms with E-state index in [0.29, 0.717) is 17.4 Å². The fourth-order valence-electron chi connectivity index (χ4n) is 4.27. The molecule has 1 amide bonds. The minimum absolute atomic E-state index is 0.114. The highest BCUT2D eigenvalue weighted by Crippen LogP contribution is 2.37. The maximum absolute atomic E-state index is 12.6. The van der Waals surface area contributed by atoms with Gasteiger partial charge in [-0.05, 0) is 49.7 Å². The zero-order valence-corrected chi connectivity index (χ0v) is 18.5. The molecule has 2 atom stereocenters. The van der Waals surface area contributed by atoms with E-state index in [4.69, 9.17) is 19.9 Å². The van der Waals surface area contributed by atoms with Gasteiger partial charge in [-0.3, -0.25) is 9.79 Å². The number of carbonyl (C=O) groups excluding carboxylic acids is 1. The number of fused-ring (bicyclic) bond motifs is 1. The van der Waals surface area contributed by atoms with Crippen LogP contribution in [0.15, 0.2) is 58.0 Å². The van der Waals surface area contributed by atoms with Crippen LogP contribution in [0.5, 0.6) is 0 Å². The lowest BCUT2D eigenvalue weighted by molar-refractivity contribution is -0.116. The minimum atomic E-state index is -0.449. The van der Waals surface area contributed by atoms with Crippen LogP contribution in [-0.4, -0.2) is 43.5 Å². The van der Waals surface area contributed by atoms with E-state index in [0.717, 1.165) is 36.8 Å². The second kappa shape index (κ2) is 10.4. The Labute approximate surface area is 184 Å². The number of nitrogens with zero attached hydrogens (tertiary/aromatic N) is 2. The first kappa shape index (κ1) is 22.7. The maximum atomic E-state index is 12.6. The van der Waals surface area contributed by atoms with Gasteiger partial charge >= 0.3 is 0 Å². The van der Waals surface area contributed by atoms with Gasteiger partial charge in [0.05, 0.1) is 18.4 Å². The van der Waals surface area contributed by atoms with E-state index in [1.54, 1.807) is 7.11 Å². The van der Waals surface area contributed by atoms with Crippen LogP contribution in [0.4, 0.5) is 0 Å². The van der Waals surface area contributed by atoms with Crippen LogP contribution in [0.2, 0.25) is 0 Å². The topological polar surface area (TPSA) is 96.1 Å². The highest BCUT2D eigenvalue weighted by Gasteiger charge is 2.37. The molecule has 0 bridgehead atoms. The van der Waals surface area contributed by atoms with Gasteiger partial charge in [0.1, 0.15) is 17.9 Å². The van der Waals surface area contributed by atoms with Crippen LogP contribution >= 0.6 is 0 Å². The summed E-state index contributed by atoms with van der Waals surface area (Å²) >= 11 is 0. The van der Waals surface area contributed by atoms with Gasteiger partial charge in [0.15, 0.2) is 5.90 Å². The molecule has 1 fully saturated rings. The van der Waals surface area contributed by atoms with Gasteiger partial charge in [-0.25, -0.2) is 4.99 Å². The lowest BCUT2D eigenvalue weighted by Crippen LogP contribution is -2.32. The summed E-state index contributed by atoms with van der Waals surface area (Å²) in [7, 11) is 1.56. The van der Waals surface area contributed by atoms with E-state index < -0.39 is 5.91 Å². The van der Waals surface area contributed by atoms with Crippen LogP contribution < -0.4 is 5.32 Å². The molecule has 0 aromatic heterocycles. The van der Waals surface area contributed by atoms with Crippen molar-refractivity contribution in [1.29, 1.82) is 5.41 Å². The smallest absolute Gasteiger partial charge is 0.258 e. The molecule has 0 radical (unpaired) electrons. The van der Waals surface area contributed by atoms with Crippen molar-refractivity contribution in [3.05, 3.63) is 48.0 Å². The summed E-state index contributed by atoms with van der Waals surface area (Å²) in [5.74, 6) is 2.78. The quantitative estimate of drug-likeness (QED) is 0.456. The van der Waals surface area contributed by atoms with Gasteiger partial charge in [-0.1, -0.05) is 26.5 Å². The Hall–Kier alpha value is -2.96. The Morgan fingerprint density at radius 2 is 2.10 bits per heavy atom. The van der Waals surface area contributed by atoms with E-state index in [2.05, 4.69) is 30.7 Å². The van der Waals surface area contributed by atoms with Crippen molar-refractivity contribution < 1.29 is 14.3 Å². The standard InChI is InChI=1S/C24H32N4O3/c1-5-10-26-14-18(13-25)23(29)27-19-12-22-20(11-21(19)30-4)28-24(31-22)17-8-6-16(7-9-17)15(2)3/h5,10-17,20,22,25H,1,6-9H2,2-4H3,(H,27,29). The maximum Gasteiger partial charge on any atom is 0.258 e. The lowest BCUT2D eigenvalue weighted by atomic mass is 9.77. The van der Waals surface area contributed by atoms with Gasteiger partial charge in [0.25, 0.3) is 5.91 Å². The highest BCUT2D eigenvalue weighted by molar-refractivity contribution is 6.12. The van der Waals surface area contributed by atoms with Crippen molar-refractivity contribution in [3.8, 4) is 0 Å². The van der Waals surface area contributed by atoms with Crippen LogP contribution in [0.3, 0.4) is 0 Å². The molecule has 0 aromatic carbocycles. The molecule has 166 valence electrons. The average molecular weight is 425 g/mol. The van der Waals surface area contributed by atoms with Gasteiger partial charge in [0.2, 0.25) is 0 Å². The van der Waals surface area contributed by atoms with Crippen molar-refractivity contribution in [2.45, 2.75) is 51.7 Å². The van der Waals surface area contributed by atoms with Crippen LogP contribution in [-0.2, 0) is 14.3 Å². The number of allylic oxidation sites excluding steroid dienone is 1. The second-order valence-corrected chi connectivity index (χ2v) is 8.43. The SMILES string of the molecule is C=CC=NC=C(C=N)C(=O)NC1=CC2OC(C3CCC(C(C)C)CC3)=NC2C=C1OC. The van der Waals surface area contributed by atoms with E-state index in [-0.39, 0.29) is 17.7 Å². The molecule has 1 saturated carbocycles. The van der Waals surface area contributed by atoms with Gasteiger partial charge < -0.3 is 20.2 Å². The van der Waals surface area contributed by atoms with E-state index in [1.165, 1.54) is 31.3 Å². The molecule has 3 rings (SSSR count). The Kier molecular flexibility index (Phi) is 7.60. The molecule has 7 heteroatoms. The second-order valence-electron chi connectivity index (χ2n) is 8.43. The number of aliphatic imine (C=N–C) groups is 2. The van der Waals surface area contributed by atoms with Gasteiger partial charge in [-0.15, -0.1) is 0 Å². The van der Waals surface area contributed by atoms with Gasteiger partial charge in [-0.2, -0.15) is 0 Å². The number of carbonyl (C=O) groups is 1. The van der Waals surface area contributed by atoms with E-state index in [1.807, 2.05) is 12.2 Å². The summed E-state index contributed by atoms with van der Waals surface area (Å²) in [6.45, 7) is 8.13. The zero-order chi connectivity index (χ0) is 22.4. The lowest BCUT2D eigenvalue weighted by Gasteiger charge is -2.30. The Morgan fingerprint density at radius 1 is 1.35 bits per heavy atom. The molecule has 2 unspecified atom stereocenters. The predicted octanol–water partition coefficient (Wildman–Crippen LogP) is 3.95. The molecule has 7 nitrogen and oxygen atoms in total. The third kappa shape index (κ3) is 5.40. The molecule has 0 saturated heterocycles. The third-order valence-corrected chi connectivity index (χ3v) is 6.14. The number of amides is 1. The monoisotopic (exact) mass is 424 g/mol. The molecule has 31 heavy (non-hydrogen) atoms. The summed E-state index contributed by atoms with van der Waals surface area (Å²) < 4.78 is 11.7. The molecule has 3 aliphatic rings. The van der Waals surface area contributed by atoms with E-state index in [9.17, 15) is 4.79 Å². The fourth-order valence-corrected chi connectivity index (χ4v) is 4.27. The number of rotatable bonds is 8. The third-order valence-electron chi connectivity index (χ3n) is 6.14. The first-order valence-corrected chi connectivity index (χ1v) is 10.8. The number of ether oxygens (including phenoxy) is 2. The molecular weight excluding hydrogens is 392 g/mol. The fraction of sp³-hybridized carbons (Fsp3) is 0.500. The normalized spacial score (nSPS) is 28.3. The van der Waals surface area contributed by atoms with Crippen molar-refractivity contribution >= 4 is 24.2 Å². The van der Waals surface area contributed by atoms with Crippen LogP contribution in [0.25, 0.3) is 0 Å². The first-order valence-electron chi connectivity index (χ1n) is 10.8. The predicted molar refractivity (Wildman–Crippen MR) is 123 cm³/mol. The van der Waals surface area contributed by atoms with Crippen molar-refractivity contribution in [3.63, 3.8) is 0 Å². The van der Waals surface area contributed by atoms with Crippen LogP contribution in [0, 0.1) is 23.2 Å². The Morgan fingerprint density at radius 3 is 2.71 bits per heavy atom. The summed E-state index contributed by atoms with van der Waals surface area (Å²) in [6, 6.07) is -0.150. The first-order chi connectivity index (χ1) is 15.0. The Balaban J connectivity index is 1.68. The number of hydrogen-bond acceptors (Lipinski definition) is 6. The highest BCUT2D eigenvalue weighted by atomic mass is 16.5.